The first-order valence-electron chi connectivity index (χ1n) is 9.61. The summed E-state index contributed by atoms with van der Waals surface area (Å²) < 4.78 is 33.0. The van der Waals surface area contributed by atoms with Crippen molar-refractivity contribution in [1.29, 1.82) is 0 Å². The van der Waals surface area contributed by atoms with Crippen LogP contribution < -0.4 is 14.4 Å². The zero-order chi connectivity index (χ0) is 21.0. The molecule has 7 nitrogen and oxygen atoms in total. The molecule has 1 aliphatic rings. The van der Waals surface area contributed by atoms with E-state index in [1.54, 1.807) is 24.8 Å². The van der Waals surface area contributed by atoms with Crippen molar-refractivity contribution in [2.45, 2.75) is 24.8 Å². The molecule has 8 heteroatoms. The Kier molecular flexibility index (Phi) is 6.44. The number of benzene rings is 2. The molecule has 0 aliphatic carbocycles. The molecule has 2 aromatic rings. The summed E-state index contributed by atoms with van der Waals surface area (Å²) >= 11 is 0. The molecule has 0 unspecified atom stereocenters. The Hall–Kier alpha value is -2.58. The van der Waals surface area contributed by atoms with Crippen molar-refractivity contribution in [2.75, 3.05) is 38.2 Å². The van der Waals surface area contributed by atoms with E-state index >= 15 is 0 Å². The molecule has 3 rings (SSSR count). The standard InChI is InChI=1S/C21H27N3O4S/c1-16(2)22-29(26,27)20-15-17(9-10-19(20)28-3)21(25)24-13-11-23(12-14-24)18-7-5-4-6-8-18/h4-10,15-16,22H,11-14H2,1-3H3. The quantitative estimate of drug-likeness (QED) is 0.781. The first-order valence-corrected chi connectivity index (χ1v) is 11.1. The maximum absolute atomic E-state index is 13.0. The Morgan fingerprint density at radius 3 is 2.28 bits per heavy atom. The smallest absolute Gasteiger partial charge is 0.254 e. The number of sulfonamides is 1. The fraction of sp³-hybridized carbons (Fsp3) is 0.381. The Bertz CT molecular complexity index is 953. The van der Waals surface area contributed by atoms with E-state index in [1.165, 1.54) is 19.2 Å². The lowest BCUT2D eigenvalue weighted by atomic mass is 10.1. The molecule has 0 aromatic heterocycles. The van der Waals surface area contributed by atoms with E-state index in [-0.39, 0.29) is 22.6 Å². The molecule has 1 heterocycles. The molecule has 1 fully saturated rings. The van der Waals surface area contributed by atoms with E-state index < -0.39 is 10.0 Å². The van der Waals surface area contributed by atoms with Gasteiger partial charge in [-0.2, -0.15) is 0 Å². The molecule has 0 spiro atoms. The number of rotatable bonds is 6. The van der Waals surface area contributed by atoms with Gasteiger partial charge >= 0.3 is 0 Å². The molecule has 29 heavy (non-hydrogen) atoms. The molecule has 1 amide bonds. The van der Waals surface area contributed by atoms with Crippen molar-refractivity contribution < 1.29 is 17.9 Å². The van der Waals surface area contributed by atoms with Crippen LogP contribution in [0.25, 0.3) is 0 Å². The van der Waals surface area contributed by atoms with E-state index in [1.807, 2.05) is 18.2 Å². The van der Waals surface area contributed by atoms with E-state index in [2.05, 4.69) is 21.8 Å². The second-order valence-electron chi connectivity index (χ2n) is 7.26. The van der Waals surface area contributed by atoms with Crippen molar-refractivity contribution in [1.82, 2.24) is 9.62 Å². The fourth-order valence-corrected chi connectivity index (χ4v) is 4.83. The van der Waals surface area contributed by atoms with Crippen LogP contribution in [0.1, 0.15) is 24.2 Å². The Balaban J connectivity index is 1.77. The predicted octanol–water partition coefficient (Wildman–Crippen LogP) is 2.34. The number of nitrogens with zero attached hydrogens (tertiary/aromatic N) is 2. The van der Waals surface area contributed by atoms with Crippen LogP contribution in [0.3, 0.4) is 0 Å². The molecule has 0 bridgehead atoms. The predicted molar refractivity (Wildman–Crippen MR) is 113 cm³/mol. The van der Waals surface area contributed by atoms with E-state index in [0.29, 0.717) is 18.7 Å². The Morgan fingerprint density at radius 2 is 1.69 bits per heavy atom. The number of amides is 1. The van der Waals surface area contributed by atoms with E-state index in [4.69, 9.17) is 4.74 Å². The number of carbonyl (C=O) groups is 1. The number of nitrogens with one attached hydrogen (secondary N) is 1. The molecule has 1 saturated heterocycles. The normalized spacial score (nSPS) is 14.9. The first kappa shape index (κ1) is 21.1. The molecule has 156 valence electrons. The minimum absolute atomic E-state index is 0.0255. The lowest BCUT2D eigenvalue weighted by Gasteiger charge is -2.36. The van der Waals surface area contributed by atoms with Gasteiger partial charge in [-0.05, 0) is 44.2 Å². The number of ether oxygens (including phenoxy) is 1. The van der Waals surface area contributed by atoms with Crippen LogP contribution in [0, 0.1) is 0 Å². The summed E-state index contributed by atoms with van der Waals surface area (Å²) in [4.78, 5) is 17.0. The van der Waals surface area contributed by atoms with Gasteiger partial charge < -0.3 is 14.5 Å². The Morgan fingerprint density at radius 1 is 1.03 bits per heavy atom. The van der Waals surface area contributed by atoms with Crippen molar-refractivity contribution in [3.63, 3.8) is 0 Å². The van der Waals surface area contributed by atoms with Crippen LogP contribution in [0.4, 0.5) is 5.69 Å². The highest BCUT2D eigenvalue weighted by molar-refractivity contribution is 7.89. The van der Waals surface area contributed by atoms with Gasteiger partial charge in [-0.1, -0.05) is 18.2 Å². The molecular formula is C21H27N3O4S. The Labute approximate surface area is 172 Å². The van der Waals surface area contributed by atoms with Crippen LogP contribution in [0.15, 0.2) is 53.4 Å². The third-order valence-corrected chi connectivity index (χ3v) is 6.46. The highest BCUT2D eigenvalue weighted by Crippen LogP contribution is 2.26. The van der Waals surface area contributed by atoms with Gasteiger partial charge in [0.05, 0.1) is 7.11 Å². The SMILES string of the molecule is COc1ccc(C(=O)N2CCN(c3ccccc3)CC2)cc1S(=O)(=O)NC(C)C. The highest BCUT2D eigenvalue weighted by atomic mass is 32.2. The third kappa shape index (κ3) is 4.89. The van der Waals surface area contributed by atoms with Crippen molar-refractivity contribution in [3.8, 4) is 5.75 Å². The summed E-state index contributed by atoms with van der Waals surface area (Å²) in [7, 11) is -2.38. The highest BCUT2D eigenvalue weighted by Gasteiger charge is 2.26. The van der Waals surface area contributed by atoms with Crippen LogP contribution in [-0.4, -0.2) is 58.6 Å². The van der Waals surface area contributed by atoms with Gasteiger partial charge in [-0.15, -0.1) is 0 Å². The summed E-state index contributed by atoms with van der Waals surface area (Å²) in [6.07, 6.45) is 0. The third-order valence-electron chi connectivity index (χ3n) is 4.78. The fourth-order valence-electron chi connectivity index (χ4n) is 3.38. The topological polar surface area (TPSA) is 79.0 Å². The van der Waals surface area contributed by atoms with Crippen LogP contribution in [-0.2, 0) is 10.0 Å². The number of carbonyl (C=O) groups excluding carboxylic acids is 1. The molecule has 0 atom stereocenters. The second kappa shape index (κ2) is 8.84. The number of hydrogen-bond donors (Lipinski definition) is 1. The summed E-state index contributed by atoms with van der Waals surface area (Å²) in [5, 5.41) is 0. The molecule has 1 N–H and O–H groups in total. The minimum atomic E-state index is -3.79. The summed E-state index contributed by atoms with van der Waals surface area (Å²) in [6, 6.07) is 14.4. The van der Waals surface area contributed by atoms with Gasteiger partial charge in [0.25, 0.3) is 5.91 Å². The van der Waals surface area contributed by atoms with Crippen LogP contribution in [0.2, 0.25) is 0 Å². The van der Waals surface area contributed by atoms with Gasteiger partial charge in [-0.3, -0.25) is 4.79 Å². The molecular weight excluding hydrogens is 390 g/mol. The number of piperazine rings is 1. The summed E-state index contributed by atoms with van der Waals surface area (Å²) in [6.45, 7) is 6.09. The molecule has 0 radical (unpaired) electrons. The second-order valence-corrected chi connectivity index (χ2v) is 8.94. The number of methoxy groups -OCH3 is 1. The number of anilines is 1. The summed E-state index contributed by atoms with van der Waals surface area (Å²) in [5.41, 5.74) is 1.47. The number of hydrogen-bond acceptors (Lipinski definition) is 5. The average Bonchev–Trinajstić information content (AvgIpc) is 2.72. The number of para-hydroxylation sites is 1. The van der Waals surface area contributed by atoms with Crippen LogP contribution in [0.5, 0.6) is 5.75 Å². The van der Waals surface area contributed by atoms with Gasteiger partial charge in [-0.25, -0.2) is 13.1 Å². The lowest BCUT2D eigenvalue weighted by Crippen LogP contribution is -2.48. The lowest BCUT2D eigenvalue weighted by molar-refractivity contribution is 0.0746. The van der Waals surface area contributed by atoms with E-state index in [9.17, 15) is 13.2 Å². The molecule has 2 aromatic carbocycles. The van der Waals surface area contributed by atoms with Crippen LogP contribution >= 0.6 is 0 Å². The maximum Gasteiger partial charge on any atom is 0.254 e. The average molecular weight is 418 g/mol. The minimum Gasteiger partial charge on any atom is -0.495 e. The first-order chi connectivity index (χ1) is 13.8. The van der Waals surface area contributed by atoms with Crippen molar-refractivity contribution >= 4 is 21.6 Å². The van der Waals surface area contributed by atoms with Gasteiger partial charge in [0.1, 0.15) is 10.6 Å². The summed E-state index contributed by atoms with van der Waals surface area (Å²) in [5.74, 6) is 0.0324. The van der Waals surface area contributed by atoms with Gasteiger partial charge in [0.2, 0.25) is 10.0 Å². The molecule has 0 saturated carbocycles. The largest absolute Gasteiger partial charge is 0.495 e. The van der Waals surface area contributed by atoms with Gasteiger partial charge in [0.15, 0.2) is 0 Å². The van der Waals surface area contributed by atoms with E-state index in [0.717, 1.165) is 18.8 Å². The monoisotopic (exact) mass is 417 g/mol. The van der Waals surface area contributed by atoms with Crippen molar-refractivity contribution in [3.05, 3.63) is 54.1 Å². The van der Waals surface area contributed by atoms with Crippen molar-refractivity contribution in [2.24, 2.45) is 0 Å². The van der Waals surface area contributed by atoms with Gasteiger partial charge in [0, 0.05) is 43.5 Å². The maximum atomic E-state index is 13.0. The zero-order valence-corrected chi connectivity index (χ0v) is 17.8. The molecule has 1 aliphatic heterocycles. The zero-order valence-electron chi connectivity index (χ0n) is 17.0.